The van der Waals surface area contributed by atoms with Gasteiger partial charge in [-0.15, -0.1) is 0 Å². The molecule has 3 rings (SSSR count). The van der Waals surface area contributed by atoms with E-state index in [0.29, 0.717) is 0 Å². The number of amides is 1. The van der Waals surface area contributed by atoms with Crippen molar-refractivity contribution in [2.24, 2.45) is 0 Å². The minimum Gasteiger partial charge on any atom is -0.452 e. The summed E-state index contributed by atoms with van der Waals surface area (Å²) in [5, 5.41) is 2.87. The van der Waals surface area contributed by atoms with Crippen LogP contribution in [-0.4, -0.2) is 44.3 Å². The minimum atomic E-state index is -3.87. The van der Waals surface area contributed by atoms with E-state index in [1.807, 2.05) is 30.3 Å². The Bertz CT molecular complexity index is 1040. The first-order valence-corrected chi connectivity index (χ1v) is 11.9. The van der Waals surface area contributed by atoms with E-state index < -0.39 is 22.6 Å². The molecule has 1 fully saturated rings. The van der Waals surface area contributed by atoms with Crippen LogP contribution in [0.3, 0.4) is 0 Å². The average molecular weight is 465 g/mol. The minimum absolute atomic E-state index is 0.0471. The molecule has 0 aromatic heterocycles. The van der Waals surface area contributed by atoms with Crippen molar-refractivity contribution >= 4 is 33.5 Å². The van der Waals surface area contributed by atoms with Crippen LogP contribution in [0.15, 0.2) is 53.4 Å². The van der Waals surface area contributed by atoms with E-state index in [1.54, 1.807) is 0 Å². The third-order valence-electron chi connectivity index (χ3n) is 5.17. The van der Waals surface area contributed by atoms with Gasteiger partial charge in [0.1, 0.15) is 0 Å². The molecule has 0 unspecified atom stereocenters. The molecule has 2 aromatic rings. The van der Waals surface area contributed by atoms with E-state index in [0.717, 1.165) is 31.2 Å². The Labute approximate surface area is 187 Å². The van der Waals surface area contributed by atoms with Gasteiger partial charge in [0.25, 0.3) is 5.91 Å². The number of carbonyl (C=O) groups is 2. The van der Waals surface area contributed by atoms with Crippen LogP contribution in [0, 0.1) is 0 Å². The highest BCUT2D eigenvalue weighted by atomic mass is 35.5. The molecule has 7 nitrogen and oxygen atoms in total. The highest BCUT2D eigenvalue weighted by Gasteiger charge is 2.24. The molecule has 2 aromatic carbocycles. The fraction of sp³-hybridized carbons (Fsp3) is 0.364. The number of nitrogens with zero attached hydrogens (tertiary/aromatic N) is 1. The lowest BCUT2D eigenvalue weighted by Gasteiger charge is -2.18. The zero-order valence-electron chi connectivity index (χ0n) is 17.2. The van der Waals surface area contributed by atoms with E-state index >= 15 is 0 Å². The second-order valence-electron chi connectivity index (χ2n) is 7.51. The molecule has 0 atom stereocenters. The van der Waals surface area contributed by atoms with Gasteiger partial charge in [-0.2, -0.15) is 4.31 Å². The smallest absolute Gasteiger partial charge is 0.340 e. The van der Waals surface area contributed by atoms with Crippen LogP contribution < -0.4 is 5.32 Å². The van der Waals surface area contributed by atoms with Crippen molar-refractivity contribution in [1.82, 2.24) is 9.62 Å². The van der Waals surface area contributed by atoms with Crippen molar-refractivity contribution in [2.45, 2.75) is 43.2 Å². The van der Waals surface area contributed by atoms with E-state index in [1.165, 1.54) is 29.6 Å². The molecule has 1 aliphatic carbocycles. The summed E-state index contributed by atoms with van der Waals surface area (Å²) in [5.41, 5.74) is 0.722. The number of rotatable bonds is 8. The maximum absolute atomic E-state index is 12.9. The van der Waals surface area contributed by atoms with Gasteiger partial charge in [0.2, 0.25) is 10.0 Å². The van der Waals surface area contributed by atoms with Gasteiger partial charge in [0, 0.05) is 19.6 Å². The summed E-state index contributed by atoms with van der Waals surface area (Å²) in [4.78, 5) is 24.4. The summed E-state index contributed by atoms with van der Waals surface area (Å²) in [6, 6.07) is 13.1. The Kier molecular flexibility index (Phi) is 7.69. The number of nitrogens with one attached hydrogen (secondary N) is 1. The molecule has 0 spiro atoms. The molecular formula is C22H25ClN2O5S. The highest BCUT2D eigenvalue weighted by molar-refractivity contribution is 7.89. The van der Waals surface area contributed by atoms with Crippen LogP contribution in [0.2, 0.25) is 5.02 Å². The average Bonchev–Trinajstić information content (AvgIpc) is 3.26. The van der Waals surface area contributed by atoms with E-state index in [-0.39, 0.29) is 34.0 Å². The maximum atomic E-state index is 12.9. The Balaban J connectivity index is 1.68. The number of hydrogen-bond donors (Lipinski definition) is 1. The molecule has 166 valence electrons. The van der Waals surface area contributed by atoms with Crippen LogP contribution in [0.5, 0.6) is 0 Å². The van der Waals surface area contributed by atoms with Crippen LogP contribution >= 0.6 is 11.6 Å². The number of sulfonamides is 1. The summed E-state index contributed by atoms with van der Waals surface area (Å²) < 4.78 is 32.1. The lowest BCUT2D eigenvalue weighted by molar-refractivity contribution is -0.124. The van der Waals surface area contributed by atoms with Crippen molar-refractivity contribution in [1.29, 1.82) is 0 Å². The zero-order chi connectivity index (χ0) is 22.4. The Morgan fingerprint density at radius 3 is 2.48 bits per heavy atom. The van der Waals surface area contributed by atoms with E-state index in [4.69, 9.17) is 16.3 Å². The van der Waals surface area contributed by atoms with Crippen molar-refractivity contribution in [2.75, 3.05) is 13.7 Å². The first kappa shape index (κ1) is 23.2. The molecular weight excluding hydrogens is 440 g/mol. The van der Waals surface area contributed by atoms with Crippen LogP contribution in [0.1, 0.15) is 41.6 Å². The lowest BCUT2D eigenvalue weighted by atomic mass is 10.2. The molecule has 0 saturated heterocycles. The summed E-state index contributed by atoms with van der Waals surface area (Å²) in [6.07, 6.45) is 3.98. The van der Waals surface area contributed by atoms with Gasteiger partial charge < -0.3 is 10.1 Å². The summed E-state index contributed by atoms with van der Waals surface area (Å²) in [6.45, 7) is -0.274. The van der Waals surface area contributed by atoms with Crippen LogP contribution in [-0.2, 0) is 26.1 Å². The largest absolute Gasteiger partial charge is 0.452 e. The Hall–Kier alpha value is -2.42. The third-order valence-corrected chi connectivity index (χ3v) is 7.30. The quantitative estimate of drug-likeness (QED) is 0.604. The predicted octanol–water partition coefficient (Wildman–Crippen LogP) is 3.38. The SMILES string of the molecule is CN(Cc1ccccc1)S(=O)(=O)c1ccc(Cl)c(C(=O)OCC(=O)NC2CCCC2)c1. The first-order chi connectivity index (χ1) is 14.8. The molecule has 0 aliphatic heterocycles. The molecule has 0 radical (unpaired) electrons. The fourth-order valence-electron chi connectivity index (χ4n) is 3.48. The van der Waals surface area contributed by atoms with Crippen LogP contribution in [0.25, 0.3) is 0 Å². The van der Waals surface area contributed by atoms with Crippen molar-refractivity contribution in [3.8, 4) is 0 Å². The topological polar surface area (TPSA) is 92.8 Å². The Morgan fingerprint density at radius 2 is 1.81 bits per heavy atom. The van der Waals surface area contributed by atoms with Gasteiger partial charge in [-0.3, -0.25) is 4.79 Å². The number of hydrogen-bond acceptors (Lipinski definition) is 5. The molecule has 1 amide bonds. The second-order valence-corrected chi connectivity index (χ2v) is 9.97. The standard InChI is InChI=1S/C22H25ClN2O5S/c1-25(14-16-7-3-2-4-8-16)31(28,29)18-11-12-20(23)19(13-18)22(27)30-15-21(26)24-17-9-5-6-10-17/h2-4,7-8,11-13,17H,5-6,9-10,14-15H2,1H3,(H,24,26). The monoisotopic (exact) mass is 464 g/mol. The van der Waals surface area contributed by atoms with E-state index in [2.05, 4.69) is 5.32 Å². The molecule has 1 N–H and O–H groups in total. The van der Waals surface area contributed by atoms with Gasteiger partial charge in [-0.25, -0.2) is 13.2 Å². The third kappa shape index (κ3) is 6.06. The number of carbonyl (C=O) groups excluding carboxylic acids is 2. The molecule has 0 heterocycles. The fourth-order valence-corrected chi connectivity index (χ4v) is 4.86. The second kappa shape index (κ2) is 10.3. The van der Waals surface area contributed by atoms with Crippen molar-refractivity contribution < 1.29 is 22.7 Å². The zero-order valence-corrected chi connectivity index (χ0v) is 18.8. The van der Waals surface area contributed by atoms with Crippen LogP contribution in [0.4, 0.5) is 0 Å². The number of benzene rings is 2. The highest BCUT2D eigenvalue weighted by Crippen LogP contribution is 2.24. The molecule has 9 heteroatoms. The lowest BCUT2D eigenvalue weighted by Crippen LogP contribution is -2.36. The maximum Gasteiger partial charge on any atom is 0.340 e. The molecule has 1 aliphatic rings. The van der Waals surface area contributed by atoms with Gasteiger partial charge in [-0.05, 0) is 36.6 Å². The molecule has 1 saturated carbocycles. The number of halogens is 1. The molecule has 0 bridgehead atoms. The summed E-state index contributed by atoms with van der Waals surface area (Å²) >= 11 is 6.09. The molecule has 31 heavy (non-hydrogen) atoms. The van der Waals surface area contributed by atoms with E-state index in [9.17, 15) is 18.0 Å². The van der Waals surface area contributed by atoms with Gasteiger partial charge in [-0.1, -0.05) is 54.8 Å². The normalized spacial score (nSPS) is 14.5. The summed E-state index contributed by atoms with van der Waals surface area (Å²) in [5.74, 6) is -1.24. The van der Waals surface area contributed by atoms with Crippen molar-refractivity contribution in [3.63, 3.8) is 0 Å². The predicted molar refractivity (Wildman–Crippen MR) is 117 cm³/mol. The first-order valence-electron chi connectivity index (χ1n) is 10.0. The number of ether oxygens (including phenoxy) is 1. The van der Waals surface area contributed by atoms with Gasteiger partial charge in [0.15, 0.2) is 6.61 Å². The van der Waals surface area contributed by atoms with Gasteiger partial charge >= 0.3 is 5.97 Å². The van der Waals surface area contributed by atoms with Gasteiger partial charge in [0.05, 0.1) is 15.5 Å². The summed E-state index contributed by atoms with van der Waals surface area (Å²) in [7, 11) is -2.41. The number of esters is 1. The van der Waals surface area contributed by atoms with Crippen molar-refractivity contribution in [3.05, 3.63) is 64.7 Å². The Morgan fingerprint density at radius 1 is 1.13 bits per heavy atom.